The van der Waals surface area contributed by atoms with Crippen LogP contribution < -0.4 is 5.32 Å². The molecule has 4 rings (SSSR count). The van der Waals surface area contributed by atoms with Gasteiger partial charge in [0.1, 0.15) is 11.5 Å². The quantitative estimate of drug-likeness (QED) is 0.360. The lowest BCUT2D eigenvalue weighted by molar-refractivity contribution is -0.384. The number of hydrogen-bond acceptors (Lipinski definition) is 4. The fraction of sp³-hybridized carbons (Fsp3) is 0.0435. The molecule has 0 spiro atoms. The van der Waals surface area contributed by atoms with Crippen molar-refractivity contribution in [3.63, 3.8) is 0 Å². The Morgan fingerprint density at radius 3 is 2.35 bits per heavy atom. The van der Waals surface area contributed by atoms with Gasteiger partial charge in [-0.25, -0.2) is 9.07 Å². The minimum absolute atomic E-state index is 0.0871. The summed E-state index contributed by atoms with van der Waals surface area (Å²) in [4.78, 5) is 23.5. The molecule has 0 fully saturated rings. The van der Waals surface area contributed by atoms with Crippen molar-refractivity contribution in [3.05, 3.63) is 106 Å². The van der Waals surface area contributed by atoms with Gasteiger partial charge < -0.3 is 5.32 Å². The second kappa shape index (κ2) is 8.19. The number of anilines is 1. The van der Waals surface area contributed by atoms with Crippen LogP contribution in [0, 0.1) is 22.9 Å². The lowest BCUT2D eigenvalue weighted by Crippen LogP contribution is -2.17. The predicted molar refractivity (Wildman–Crippen MR) is 115 cm³/mol. The molecule has 8 heteroatoms. The van der Waals surface area contributed by atoms with Gasteiger partial charge in [0.15, 0.2) is 0 Å². The molecule has 0 radical (unpaired) electrons. The molecule has 1 heterocycles. The van der Waals surface area contributed by atoms with Crippen molar-refractivity contribution in [2.24, 2.45) is 0 Å². The van der Waals surface area contributed by atoms with Crippen molar-refractivity contribution in [1.82, 2.24) is 9.78 Å². The lowest BCUT2D eigenvalue weighted by atomic mass is 10.1. The Labute approximate surface area is 176 Å². The Morgan fingerprint density at radius 2 is 1.71 bits per heavy atom. The van der Waals surface area contributed by atoms with Crippen LogP contribution in [0.25, 0.3) is 16.9 Å². The number of non-ortho nitro benzene ring substituents is 1. The molecule has 0 unspecified atom stereocenters. The molecule has 31 heavy (non-hydrogen) atoms. The SMILES string of the molecule is Cc1ccc(NC(=O)c2cc(-c3ccccc3F)nn2-c2ccc([N+](=O)[O-])cc2)cc1. The molecule has 0 saturated carbocycles. The second-order valence-corrected chi connectivity index (χ2v) is 6.90. The number of nitrogens with zero attached hydrogens (tertiary/aromatic N) is 3. The number of hydrogen-bond donors (Lipinski definition) is 1. The monoisotopic (exact) mass is 416 g/mol. The van der Waals surface area contributed by atoms with Gasteiger partial charge in [-0.2, -0.15) is 5.10 Å². The van der Waals surface area contributed by atoms with E-state index < -0.39 is 16.6 Å². The van der Waals surface area contributed by atoms with Gasteiger partial charge in [-0.05, 0) is 49.4 Å². The van der Waals surface area contributed by atoms with Gasteiger partial charge in [-0.3, -0.25) is 14.9 Å². The van der Waals surface area contributed by atoms with Crippen LogP contribution >= 0.6 is 0 Å². The van der Waals surface area contributed by atoms with E-state index in [0.29, 0.717) is 11.4 Å². The van der Waals surface area contributed by atoms with E-state index in [0.717, 1.165) is 5.56 Å². The van der Waals surface area contributed by atoms with Gasteiger partial charge in [0.2, 0.25) is 0 Å². The normalized spacial score (nSPS) is 10.6. The topological polar surface area (TPSA) is 90.1 Å². The molecule has 3 aromatic carbocycles. The Hall–Kier alpha value is -4.33. The highest BCUT2D eigenvalue weighted by Crippen LogP contribution is 2.25. The maximum Gasteiger partial charge on any atom is 0.274 e. The van der Waals surface area contributed by atoms with Gasteiger partial charge in [-0.15, -0.1) is 0 Å². The standard InChI is InChI=1S/C23H17FN4O3/c1-15-6-8-16(9-7-15)25-23(29)22-14-21(19-4-2-3-5-20(19)24)26-27(22)17-10-12-18(13-11-17)28(30)31/h2-14H,1H3,(H,25,29). The van der Waals surface area contributed by atoms with Crippen molar-refractivity contribution < 1.29 is 14.1 Å². The number of carbonyl (C=O) groups is 1. The average molecular weight is 416 g/mol. The number of aryl methyl sites for hydroxylation is 1. The van der Waals surface area contributed by atoms with E-state index in [1.165, 1.54) is 41.1 Å². The van der Waals surface area contributed by atoms with Crippen molar-refractivity contribution in [2.45, 2.75) is 6.92 Å². The minimum Gasteiger partial charge on any atom is -0.321 e. The van der Waals surface area contributed by atoms with Gasteiger partial charge >= 0.3 is 0 Å². The zero-order valence-corrected chi connectivity index (χ0v) is 16.4. The molecular formula is C23H17FN4O3. The molecule has 0 aliphatic rings. The fourth-order valence-electron chi connectivity index (χ4n) is 3.09. The van der Waals surface area contributed by atoms with Crippen LogP contribution in [-0.4, -0.2) is 20.6 Å². The molecule has 0 aliphatic carbocycles. The molecule has 1 amide bonds. The third-order valence-corrected chi connectivity index (χ3v) is 4.71. The summed E-state index contributed by atoms with van der Waals surface area (Å²) in [6, 6.07) is 20.5. The van der Waals surface area contributed by atoms with E-state index in [-0.39, 0.29) is 22.6 Å². The van der Waals surface area contributed by atoms with Gasteiger partial charge in [-0.1, -0.05) is 29.8 Å². The van der Waals surface area contributed by atoms with E-state index in [9.17, 15) is 19.3 Å². The van der Waals surface area contributed by atoms with Crippen molar-refractivity contribution in [2.75, 3.05) is 5.32 Å². The van der Waals surface area contributed by atoms with Crippen molar-refractivity contribution in [1.29, 1.82) is 0 Å². The molecule has 154 valence electrons. The first-order valence-electron chi connectivity index (χ1n) is 9.40. The second-order valence-electron chi connectivity index (χ2n) is 6.90. The third kappa shape index (κ3) is 4.18. The van der Waals surface area contributed by atoms with Gasteiger partial charge in [0.25, 0.3) is 11.6 Å². The molecule has 0 aliphatic heterocycles. The smallest absolute Gasteiger partial charge is 0.274 e. The first kappa shape index (κ1) is 20.0. The summed E-state index contributed by atoms with van der Waals surface area (Å²) in [5.41, 5.74) is 2.67. The fourth-order valence-corrected chi connectivity index (χ4v) is 3.09. The highest BCUT2D eigenvalue weighted by atomic mass is 19.1. The van der Waals surface area contributed by atoms with E-state index in [4.69, 9.17) is 0 Å². The number of benzene rings is 3. The number of amides is 1. The largest absolute Gasteiger partial charge is 0.321 e. The van der Waals surface area contributed by atoms with Crippen LogP contribution in [0.15, 0.2) is 78.9 Å². The molecule has 1 aromatic heterocycles. The molecule has 7 nitrogen and oxygen atoms in total. The maximum atomic E-state index is 14.3. The first-order chi connectivity index (χ1) is 14.9. The van der Waals surface area contributed by atoms with E-state index in [2.05, 4.69) is 10.4 Å². The van der Waals surface area contributed by atoms with E-state index in [1.807, 2.05) is 19.1 Å². The van der Waals surface area contributed by atoms with Crippen molar-refractivity contribution >= 4 is 17.3 Å². The number of nitrogens with one attached hydrogen (secondary N) is 1. The molecular weight excluding hydrogens is 399 g/mol. The van der Waals surface area contributed by atoms with Crippen LogP contribution in [0.3, 0.4) is 0 Å². The van der Waals surface area contributed by atoms with Crippen LogP contribution in [0.4, 0.5) is 15.8 Å². The first-order valence-corrected chi connectivity index (χ1v) is 9.40. The summed E-state index contributed by atoms with van der Waals surface area (Å²) in [6.45, 7) is 1.94. The molecule has 0 saturated heterocycles. The molecule has 0 atom stereocenters. The van der Waals surface area contributed by atoms with Gasteiger partial charge in [0.05, 0.1) is 16.3 Å². The average Bonchev–Trinajstić information content (AvgIpc) is 3.21. The van der Waals surface area contributed by atoms with Crippen LogP contribution in [0.1, 0.15) is 16.1 Å². The highest BCUT2D eigenvalue weighted by molar-refractivity contribution is 6.04. The Bertz CT molecular complexity index is 1260. The summed E-state index contributed by atoms with van der Waals surface area (Å²) in [6.07, 6.45) is 0. The summed E-state index contributed by atoms with van der Waals surface area (Å²) < 4.78 is 15.7. The highest BCUT2D eigenvalue weighted by Gasteiger charge is 2.20. The van der Waals surface area contributed by atoms with Crippen LogP contribution in [-0.2, 0) is 0 Å². The molecule has 0 bridgehead atoms. The number of aromatic nitrogens is 2. The molecule has 1 N–H and O–H groups in total. The van der Waals surface area contributed by atoms with Gasteiger partial charge in [0, 0.05) is 23.4 Å². The van der Waals surface area contributed by atoms with Crippen molar-refractivity contribution in [3.8, 4) is 16.9 Å². The maximum absolute atomic E-state index is 14.3. The molecule has 4 aromatic rings. The van der Waals surface area contributed by atoms with E-state index in [1.54, 1.807) is 30.3 Å². The summed E-state index contributed by atoms with van der Waals surface area (Å²) in [5, 5.41) is 18.2. The van der Waals surface area contributed by atoms with Crippen LogP contribution in [0.5, 0.6) is 0 Å². The summed E-state index contributed by atoms with van der Waals surface area (Å²) in [7, 11) is 0. The zero-order valence-electron chi connectivity index (χ0n) is 16.4. The van der Waals surface area contributed by atoms with Crippen LogP contribution in [0.2, 0.25) is 0 Å². The summed E-state index contributed by atoms with van der Waals surface area (Å²) in [5.74, 6) is -0.918. The Balaban J connectivity index is 1.78. The lowest BCUT2D eigenvalue weighted by Gasteiger charge is -2.08. The summed E-state index contributed by atoms with van der Waals surface area (Å²) >= 11 is 0. The Kier molecular flexibility index (Phi) is 5.28. The number of carbonyl (C=O) groups excluding carboxylic acids is 1. The predicted octanol–water partition coefficient (Wildman–Crippen LogP) is 5.15. The third-order valence-electron chi connectivity index (χ3n) is 4.71. The minimum atomic E-state index is -0.511. The Morgan fingerprint density at radius 1 is 1.03 bits per heavy atom. The number of nitro groups is 1. The van der Waals surface area contributed by atoms with E-state index >= 15 is 0 Å². The number of rotatable bonds is 5. The zero-order chi connectivity index (χ0) is 22.0. The number of halogens is 1. The number of nitro benzene ring substituents is 1.